The highest BCUT2D eigenvalue weighted by molar-refractivity contribution is 5.25. The van der Waals surface area contributed by atoms with Crippen LogP contribution < -0.4 is 11.5 Å². The van der Waals surface area contributed by atoms with Crippen LogP contribution in [0.1, 0.15) is 11.4 Å². The van der Waals surface area contributed by atoms with Crippen molar-refractivity contribution >= 4 is 11.9 Å². The first-order chi connectivity index (χ1) is 9.02. The molecular weight excluding hydrogens is 247 g/mol. The van der Waals surface area contributed by atoms with Crippen molar-refractivity contribution < 1.29 is 4.39 Å². The summed E-state index contributed by atoms with van der Waals surface area (Å²) in [6, 6.07) is 6.44. The second kappa shape index (κ2) is 5.57. The average molecular weight is 262 g/mol. The van der Waals surface area contributed by atoms with Crippen molar-refractivity contribution in [3.63, 3.8) is 0 Å². The third-order valence-corrected chi connectivity index (χ3v) is 2.47. The zero-order valence-electron chi connectivity index (χ0n) is 10.5. The van der Waals surface area contributed by atoms with Gasteiger partial charge in [-0.25, -0.2) is 4.39 Å². The minimum atomic E-state index is -0.250. The molecule has 0 aliphatic carbocycles. The van der Waals surface area contributed by atoms with Gasteiger partial charge in [-0.1, -0.05) is 12.1 Å². The Balaban J connectivity index is 2.03. The third kappa shape index (κ3) is 3.85. The van der Waals surface area contributed by atoms with Crippen LogP contribution in [0.2, 0.25) is 0 Å². The van der Waals surface area contributed by atoms with Crippen LogP contribution in [0.25, 0.3) is 0 Å². The van der Waals surface area contributed by atoms with Crippen molar-refractivity contribution in [3.8, 4) is 0 Å². The van der Waals surface area contributed by atoms with Crippen LogP contribution in [-0.4, -0.2) is 26.9 Å². The van der Waals surface area contributed by atoms with Crippen LogP contribution >= 0.6 is 0 Å². The lowest BCUT2D eigenvalue weighted by molar-refractivity contribution is 0.310. The number of aromatic nitrogens is 3. The molecule has 0 radical (unpaired) electrons. The summed E-state index contributed by atoms with van der Waals surface area (Å²) in [6.07, 6.45) is 0. The van der Waals surface area contributed by atoms with Gasteiger partial charge in [0.25, 0.3) is 0 Å². The van der Waals surface area contributed by atoms with Crippen LogP contribution in [0.4, 0.5) is 16.3 Å². The summed E-state index contributed by atoms with van der Waals surface area (Å²) in [7, 11) is 1.88. The van der Waals surface area contributed by atoms with Gasteiger partial charge >= 0.3 is 0 Å². The highest BCUT2D eigenvalue weighted by Gasteiger charge is 2.07. The Morgan fingerprint density at radius 1 is 1.11 bits per heavy atom. The molecule has 4 N–H and O–H groups in total. The fraction of sp³-hybridized carbons (Fsp3) is 0.250. The molecule has 2 rings (SSSR count). The standard InChI is InChI=1S/C12H15FN6/c1-19(6-8-3-2-4-9(13)5-8)7-10-16-11(14)18-12(15)17-10/h2-5H,6-7H2,1H3,(H4,14,15,16,17,18). The van der Waals surface area contributed by atoms with Crippen LogP contribution in [0.15, 0.2) is 24.3 Å². The molecular formula is C12H15FN6. The fourth-order valence-corrected chi connectivity index (χ4v) is 1.77. The van der Waals surface area contributed by atoms with E-state index in [-0.39, 0.29) is 17.7 Å². The molecule has 0 aliphatic heterocycles. The van der Waals surface area contributed by atoms with Crippen LogP contribution in [0, 0.1) is 5.82 Å². The number of nitrogens with two attached hydrogens (primary N) is 2. The molecule has 0 spiro atoms. The summed E-state index contributed by atoms with van der Waals surface area (Å²) in [6.45, 7) is 1.02. The second-order valence-electron chi connectivity index (χ2n) is 4.27. The Kier molecular flexibility index (Phi) is 3.86. The molecule has 0 atom stereocenters. The Morgan fingerprint density at radius 3 is 2.42 bits per heavy atom. The maximum absolute atomic E-state index is 13.1. The van der Waals surface area contributed by atoms with Crippen molar-refractivity contribution in [2.24, 2.45) is 0 Å². The monoisotopic (exact) mass is 262 g/mol. The third-order valence-electron chi connectivity index (χ3n) is 2.47. The number of nitrogens with zero attached hydrogens (tertiary/aromatic N) is 4. The van der Waals surface area contributed by atoms with Crippen LogP contribution in [-0.2, 0) is 13.1 Å². The molecule has 0 saturated heterocycles. The highest BCUT2D eigenvalue weighted by atomic mass is 19.1. The summed E-state index contributed by atoms with van der Waals surface area (Å²) in [4.78, 5) is 13.6. The second-order valence-corrected chi connectivity index (χ2v) is 4.27. The summed E-state index contributed by atoms with van der Waals surface area (Å²) in [5.74, 6) is 0.437. The van der Waals surface area contributed by atoms with E-state index in [1.165, 1.54) is 12.1 Å². The van der Waals surface area contributed by atoms with Crippen molar-refractivity contribution in [1.29, 1.82) is 0 Å². The fourth-order valence-electron chi connectivity index (χ4n) is 1.77. The molecule has 0 aliphatic rings. The number of nitrogen functional groups attached to an aromatic ring is 2. The molecule has 7 heteroatoms. The Morgan fingerprint density at radius 2 is 1.79 bits per heavy atom. The topological polar surface area (TPSA) is 94.0 Å². The molecule has 0 bridgehead atoms. The Hall–Kier alpha value is -2.28. The number of halogens is 1. The maximum Gasteiger partial charge on any atom is 0.225 e. The molecule has 6 nitrogen and oxygen atoms in total. The lowest BCUT2D eigenvalue weighted by Crippen LogP contribution is -2.20. The lowest BCUT2D eigenvalue weighted by atomic mass is 10.2. The molecule has 0 amide bonds. The minimum absolute atomic E-state index is 0.0988. The van der Waals surface area contributed by atoms with E-state index in [2.05, 4.69) is 15.0 Å². The SMILES string of the molecule is CN(Cc1cccc(F)c1)Cc1nc(N)nc(N)n1. The largest absolute Gasteiger partial charge is 0.368 e. The Labute approximate surface area is 110 Å². The highest BCUT2D eigenvalue weighted by Crippen LogP contribution is 2.08. The van der Waals surface area contributed by atoms with E-state index in [0.29, 0.717) is 18.9 Å². The zero-order chi connectivity index (χ0) is 13.8. The van der Waals surface area contributed by atoms with Gasteiger partial charge in [0, 0.05) is 6.54 Å². The molecule has 100 valence electrons. The van der Waals surface area contributed by atoms with Gasteiger partial charge in [0.2, 0.25) is 11.9 Å². The number of rotatable bonds is 4. The van der Waals surface area contributed by atoms with Gasteiger partial charge in [-0.05, 0) is 24.7 Å². The van der Waals surface area contributed by atoms with E-state index in [1.54, 1.807) is 6.07 Å². The smallest absolute Gasteiger partial charge is 0.225 e. The van der Waals surface area contributed by atoms with Crippen molar-refractivity contribution in [2.45, 2.75) is 13.1 Å². The summed E-state index contributed by atoms with van der Waals surface area (Å²) < 4.78 is 13.1. The zero-order valence-corrected chi connectivity index (χ0v) is 10.5. The normalized spacial score (nSPS) is 10.9. The predicted octanol–water partition coefficient (Wildman–Crippen LogP) is 0.807. The van der Waals surface area contributed by atoms with Gasteiger partial charge < -0.3 is 11.5 Å². The van der Waals surface area contributed by atoms with E-state index < -0.39 is 0 Å². The number of benzene rings is 1. The maximum atomic E-state index is 13.1. The van der Waals surface area contributed by atoms with E-state index >= 15 is 0 Å². The molecule has 0 fully saturated rings. The minimum Gasteiger partial charge on any atom is -0.368 e. The van der Waals surface area contributed by atoms with E-state index in [1.807, 2.05) is 18.0 Å². The molecule has 0 saturated carbocycles. The first kappa shape index (κ1) is 13.2. The van der Waals surface area contributed by atoms with Crippen LogP contribution in [0.5, 0.6) is 0 Å². The van der Waals surface area contributed by atoms with Crippen LogP contribution in [0.3, 0.4) is 0 Å². The lowest BCUT2D eigenvalue weighted by Gasteiger charge is -2.15. The quantitative estimate of drug-likeness (QED) is 0.846. The molecule has 19 heavy (non-hydrogen) atoms. The van der Waals surface area contributed by atoms with E-state index in [9.17, 15) is 4.39 Å². The van der Waals surface area contributed by atoms with Gasteiger partial charge in [0.15, 0.2) is 0 Å². The molecule has 2 aromatic rings. The van der Waals surface area contributed by atoms with Crippen molar-refractivity contribution in [1.82, 2.24) is 19.9 Å². The summed E-state index contributed by atoms with van der Waals surface area (Å²) in [5.41, 5.74) is 11.9. The van der Waals surface area contributed by atoms with Crippen molar-refractivity contribution in [2.75, 3.05) is 18.5 Å². The molecule has 1 aromatic carbocycles. The van der Waals surface area contributed by atoms with Gasteiger partial charge in [-0.2, -0.15) is 15.0 Å². The predicted molar refractivity (Wildman–Crippen MR) is 70.2 cm³/mol. The number of anilines is 2. The average Bonchev–Trinajstić information content (AvgIpc) is 2.26. The molecule has 0 unspecified atom stereocenters. The first-order valence-corrected chi connectivity index (χ1v) is 5.72. The van der Waals surface area contributed by atoms with E-state index in [0.717, 1.165) is 5.56 Å². The first-order valence-electron chi connectivity index (χ1n) is 5.72. The van der Waals surface area contributed by atoms with Gasteiger partial charge in [-0.15, -0.1) is 0 Å². The van der Waals surface area contributed by atoms with Crippen molar-refractivity contribution in [3.05, 3.63) is 41.5 Å². The van der Waals surface area contributed by atoms with Gasteiger partial charge in [0.05, 0.1) is 6.54 Å². The summed E-state index contributed by atoms with van der Waals surface area (Å²) in [5, 5.41) is 0. The van der Waals surface area contributed by atoms with Gasteiger partial charge in [-0.3, -0.25) is 4.90 Å². The number of hydrogen-bond donors (Lipinski definition) is 2. The molecule has 1 heterocycles. The summed E-state index contributed by atoms with van der Waals surface area (Å²) >= 11 is 0. The Bertz CT molecular complexity index is 554. The van der Waals surface area contributed by atoms with E-state index in [4.69, 9.17) is 11.5 Å². The van der Waals surface area contributed by atoms with Gasteiger partial charge in [0.1, 0.15) is 11.6 Å². The molecule has 1 aromatic heterocycles. The number of hydrogen-bond acceptors (Lipinski definition) is 6.